The summed E-state index contributed by atoms with van der Waals surface area (Å²) in [6.45, 7) is 0. The van der Waals surface area contributed by atoms with Crippen molar-refractivity contribution in [2.45, 2.75) is 76.3 Å². The van der Waals surface area contributed by atoms with Crippen LogP contribution < -0.4 is 11.1 Å². The molecule has 17 heavy (non-hydrogen) atoms. The molecule has 2 aliphatic carbocycles. The van der Waals surface area contributed by atoms with Crippen molar-refractivity contribution in [1.29, 1.82) is 0 Å². The lowest BCUT2D eigenvalue weighted by molar-refractivity contribution is 0.407. The first-order valence-corrected chi connectivity index (χ1v) is 6.94. The summed E-state index contributed by atoms with van der Waals surface area (Å²) < 4.78 is 0. The summed E-state index contributed by atoms with van der Waals surface area (Å²) in [5.41, 5.74) is 5.97. The topological polar surface area (TPSA) is 50.4 Å². The van der Waals surface area contributed by atoms with Gasteiger partial charge in [-0.3, -0.25) is 4.99 Å². The zero-order valence-electron chi connectivity index (χ0n) is 10.7. The number of halogens is 1. The molecule has 0 radical (unpaired) electrons. The molecule has 4 heteroatoms. The molecule has 0 spiro atoms. The minimum Gasteiger partial charge on any atom is -0.370 e. The van der Waals surface area contributed by atoms with Gasteiger partial charge in [0.25, 0.3) is 0 Å². The molecule has 2 saturated carbocycles. The van der Waals surface area contributed by atoms with Crippen LogP contribution in [-0.2, 0) is 0 Å². The molecule has 3 N–H and O–H groups in total. The quantitative estimate of drug-likeness (QED) is 0.592. The first kappa shape index (κ1) is 14.6. The Labute approximate surface area is 111 Å². The molecule has 0 aliphatic heterocycles. The van der Waals surface area contributed by atoms with E-state index in [9.17, 15) is 0 Å². The van der Waals surface area contributed by atoms with Crippen molar-refractivity contribution in [2.24, 2.45) is 10.7 Å². The molecule has 0 heterocycles. The molecule has 0 aromatic heterocycles. The van der Waals surface area contributed by atoms with Crippen LogP contribution in [0.15, 0.2) is 4.99 Å². The van der Waals surface area contributed by atoms with Crippen LogP contribution in [-0.4, -0.2) is 18.0 Å². The Morgan fingerprint density at radius 1 is 0.882 bits per heavy atom. The maximum atomic E-state index is 5.97. The highest BCUT2D eigenvalue weighted by molar-refractivity contribution is 5.85. The number of nitrogens with one attached hydrogen (secondary N) is 1. The third-order valence-electron chi connectivity index (χ3n) is 3.85. The van der Waals surface area contributed by atoms with E-state index in [-0.39, 0.29) is 12.4 Å². The van der Waals surface area contributed by atoms with E-state index in [1.165, 1.54) is 64.2 Å². The Balaban J connectivity index is 0.00000144. The molecule has 0 aromatic rings. The van der Waals surface area contributed by atoms with E-state index in [1.807, 2.05) is 0 Å². The van der Waals surface area contributed by atoms with Crippen LogP contribution in [0.4, 0.5) is 0 Å². The highest BCUT2D eigenvalue weighted by Gasteiger charge is 2.15. The fourth-order valence-corrected chi connectivity index (χ4v) is 2.90. The number of aliphatic imine (C=N–C) groups is 1. The fourth-order valence-electron chi connectivity index (χ4n) is 2.90. The monoisotopic (exact) mass is 259 g/mol. The number of hydrogen-bond donors (Lipinski definition) is 2. The van der Waals surface area contributed by atoms with Crippen molar-refractivity contribution in [2.75, 3.05) is 0 Å². The summed E-state index contributed by atoms with van der Waals surface area (Å²) in [5.74, 6) is 0.693. The smallest absolute Gasteiger partial charge is 0.189 e. The second-order valence-corrected chi connectivity index (χ2v) is 5.29. The standard InChI is InChI=1S/C13H25N3.ClH/c14-13(15-11-7-3-1-4-8-11)16-12-9-5-2-6-10-12;/h11-12H,1-10H2,(H3,14,15,16);1H. The van der Waals surface area contributed by atoms with E-state index >= 15 is 0 Å². The molecule has 0 bridgehead atoms. The lowest BCUT2D eigenvalue weighted by Gasteiger charge is -2.24. The van der Waals surface area contributed by atoms with Crippen LogP contribution in [0.5, 0.6) is 0 Å². The lowest BCUT2D eigenvalue weighted by atomic mass is 9.95. The first-order chi connectivity index (χ1) is 7.84. The van der Waals surface area contributed by atoms with Crippen LogP contribution in [0, 0.1) is 0 Å². The van der Waals surface area contributed by atoms with E-state index < -0.39 is 0 Å². The number of rotatable bonds is 2. The summed E-state index contributed by atoms with van der Waals surface area (Å²) in [6.07, 6.45) is 13.1. The average Bonchev–Trinajstić information content (AvgIpc) is 2.31. The molecule has 0 aromatic carbocycles. The zero-order valence-corrected chi connectivity index (χ0v) is 11.5. The van der Waals surface area contributed by atoms with Gasteiger partial charge >= 0.3 is 0 Å². The van der Waals surface area contributed by atoms with E-state index in [0.29, 0.717) is 18.0 Å². The van der Waals surface area contributed by atoms with Crippen molar-refractivity contribution in [3.63, 3.8) is 0 Å². The van der Waals surface area contributed by atoms with E-state index in [0.717, 1.165) is 0 Å². The number of guanidine groups is 1. The van der Waals surface area contributed by atoms with Gasteiger partial charge in [0.1, 0.15) is 0 Å². The summed E-state index contributed by atoms with van der Waals surface area (Å²) in [5, 5.41) is 3.39. The van der Waals surface area contributed by atoms with Crippen molar-refractivity contribution in [3.8, 4) is 0 Å². The Kier molecular flexibility index (Phi) is 6.71. The minimum atomic E-state index is 0. The van der Waals surface area contributed by atoms with Crippen LogP contribution in [0.25, 0.3) is 0 Å². The molecule has 0 amide bonds. The Hall–Kier alpha value is -0.440. The molecule has 0 saturated heterocycles. The fraction of sp³-hybridized carbons (Fsp3) is 0.923. The van der Waals surface area contributed by atoms with Crippen molar-refractivity contribution in [3.05, 3.63) is 0 Å². The second kappa shape index (κ2) is 7.80. The van der Waals surface area contributed by atoms with Gasteiger partial charge < -0.3 is 11.1 Å². The molecule has 0 unspecified atom stereocenters. The van der Waals surface area contributed by atoms with Crippen molar-refractivity contribution < 1.29 is 0 Å². The summed E-state index contributed by atoms with van der Waals surface area (Å²) in [4.78, 5) is 4.61. The zero-order chi connectivity index (χ0) is 11.2. The van der Waals surface area contributed by atoms with Gasteiger partial charge in [-0.25, -0.2) is 0 Å². The van der Waals surface area contributed by atoms with Crippen molar-refractivity contribution in [1.82, 2.24) is 5.32 Å². The third kappa shape index (κ3) is 5.15. The lowest BCUT2D eigenvalue weighted by Crippen LogP contribution is -2.41. The van der Waals surface area contributed by atoms with Crippen LogP contribution in [0.3, 0.4) is 0 Å². The van der Waals surface area contributed by atoms with E-state index in [1.54, 1.807) is 0 Å². The molecule has 2 fully saturated rings. The predicted molar refractivity (Wildman–Crippen MR) is 75.8 cm³/mol. The van der Waals surface area contributed by atoms with Crippen LogP contribution >= 0.6 is 12.4 Å². The van der Waals surface area contributed by atoms with Gasteiger partial charge in [-0.2, -0.15) is 0 Å². The molecule has 0 atom stereocenters. The van der Waals surface area contributed by atoms with E-state index in [4.69, 9.17) is 5.73 Å². The Morgan fingerprint density at radius 2 is 1.41 bits per heavy atom. The SMILES string of the molecule is Cl.NC(=NC1CCCCC1)NC1CCCCC1. The summed E-state index contributed by atoms with van der Waals surface area (Å²) >= 11 is 0. The molecule has 2 aliphatic rings. The minimum absolute atomic E-state index is 0. The first-order valence-electron chi connectivity index (χ1n) is 6.94. The van der Waals surface area contributed by atoms with Gasteiger partial charge in [0.15, 0.2) is 5.96 Å². The van der Waals surface area contributed by atoms with Crippen LogP contribution in [0.1, 0.15) is 64.2 Å². The molecule has 2 rings (SSSR count). The van der Waals surface area contributed by atoms with Gasteiger partial charge in [-0.05, 0) is 25.7 Å². The van der Waals surface area contributed by atoms with Crippen molar-refractivity contribution >= 4 is 18.4 Å². The Bertz CT molecular complexity index is 231. The van der Waals surface area contributed by atoms with Gasteiger partial charge in [-0.15, -0.1) is 12.4 Å². The highest BCUT2D eigenvalue weighted by atomic mass is 35.5. The van der Waals surface area contributed by atoms with Gasteiger partial charge in [-0.1, -0.05) is 38.5 Å². The summed E-state index contributed by atoms with van der Waals surface area (Å²) in [6, 6.07) is 1.07. The predicted octanol–water partition coefficient (Wildman–Crippen LogP) is 2.98. The number of hydrogen-bond acceptors (Lipinski definition) is 1. The molecular weight excluding hydrogens is 234 g/mol. The van der Waals surface area contributed by atoms with Gasteiger partial charge in [0, 0.05) is 6.04 Å². The highest BCUT2D eigenvalue weighted by Crippen LogP contribution is 2.20. The maximum absolute atomic E-state index is 5.97. The third-order valence-corrected chi connectivity index (χ3v) is 3.85. The largest absolute Gasteiger partial charge is 0.370 e. The normalized spacial score (nSPS) is 24.1. The number of nitrogens with two attached hydrogens (primary N) is 1. The average molecular weight is 260 g/mol. The van der Waals surface area contributed by atoms with Gasteiger partial charge in [0.05, 0.1) is 6.04 Å². The molecule has 100 valence electrons. The van der Waals surface area contributed by atoms with Gasteiger partial charge in [0.2, 0.25) is 0 Å². The molecule has 3 nitrogen and oxygen atoms in total. The van der Waals surface area contributed by atoms with Crippen LogP contribution in [0.2, 0.25) is 0 Å². The second-order valence-electron chi connectivity index (χ2n) is 5.29. The Morgan fingerprint density at radius 3 is 2.00 bits per heavy atom. The van der Waals surface area contributed by atoms with E-state index in [2.05, 4.69) is 10.3 Å². The number of nitrogens with zero attached hydrogens (tertiary/aromatic N) is 1. The maximum Gasteiger partial charge on any atom is 0.189 e. The summed E-state index contributed by atoms with van der Waals surface area (Å²) in [7, 11) is 0. The molecular formula is C13H26ClN3.